The summed E-state index contributed by atoms with van der Waals surface area (Å²) in [5, 5.41) is 2.98. The molecule has 0 saturated heterocycles. The van der Waals surface area contributed by atoms with E-state index in [1.807, 2.05) is 80.6 Å². The molecule has 0 unspecified atom stereocenters. The van der Waals surface area contributed by atoms with Gasteiger partial charge in [-0.25, -0.2) is 8.42 Å². The van der Waals surface area contributed by atoms with Crippen LogP contribution in [-0.4, -0.2) is 50.0 Å². The summed E-state index contributed by atoms with van der Waals surface area (Å²) < 4.78 is 26.2. The maximum absolute atomic E-state index is 13.7. The molecule has 0 aliphatic rings. The molecule has 8 heteroatoms. The number of nitrogens with zero attached hydrogens (tertiary/aromatic N) is 2. The largest absolute Gasteiger partial charge is 0.352 e. The number of hydrogen-bond donors (Lipinski definition) is 1. The lowest BCUT2D eigenvalue weighted by Gasteiger charge is -2.32. The van der Waals surface area contributed by atoms with Crippen LogP contribution in [0.3, 0.4) is 0 Å². The Morgan fingerprint density at radius 3 is 1.87 bits per heavy atom. The van der Waals surface area contributed by atoms with Crippen LogP contribution in [0.5, 0.6) is 0 Å². The molecule has 3 rings (SSSR count). The van der Waals surface area contributed by atoms with Crippen LogP contribution in [0.15, 0.2) is 91.0 Å². The van der Waals surface area contributed by atoms with E-state index in [0.29, 0.717) is 18.5 Å². The Morgan fingerprint density at radius 2 is 1.34 bits per heavy atom. The van der Waals surface area contributed by atoms with Gasteiger partial charge in [-0.05, 0) is 43.5 Å². The average Bonchev–Trinajstić information content (AvgIpc) is 2.89. The predicted molar refractivity (Wildman–Crippen MR) is 152 cm³/mol. The predicted octanol–water partition coefficient (Wildman–Crippen LogP) is 4.40. The number of benzene rings is 3. The quantitative estimate of drug-likeness (QED) is 0.352. The van der Waals surface area contributed by atoms with Crippen LogP contribution in [0, 0.1) is 0 Å². The van der Waals surface area contributed by atoms with Crippen molar-refractivity contribution in [3.63, 3.8) is 0 Å². The van der Waals surface area contributed by atoms with Crippen LogP contribution in [0.1, 0.15) is 37.8 Å². The number of sulfonamides is 1. The highest BCUT2D eigenvalue weighted by Crippen LogP contribution is 2.20. The molecule has 38 heavy (non-hydrogen) atoms. The lowest BCUT2D eigenvalue weighted by Crippen LogP contribution is -2.51. The first-order valence-corrected chi connectivity index (χ1v) is 14.7. The van der Waals surface area contributed by atoms with Crippen LogP contribution in [-0.2, 0) is 32.6 Å². The molecule has 0 saturated carbocycles. The van der Waals surface area contributed by atoms with Gasteiger partial charge in [0.1, 0.15) is 6.04 Å². The molecule has 3 aromatic rings. The number of rotatable bonds is 13. The fourth-order valence-electron chi connectivity index (χ4n) is 4.31. The molecule has 0 spiro atoms. The van der Waals surface area contributed by atoms with Crippen LogP contribution in [0.25, 0.3) is 0 Å². The van der Waals surface area contributed by atoms with E-state index < -0.39 is 16.1 Å². The second kappa shape index (κ2) is 13.8. The number of para-hydroxylation sites is 1. The molecule has 0 bridgehead atoms. The molecule has 2 amide bonds. The SMILES string of the molecule is CC(C)NC(=O)[C@@H](Cc1ccccc1)N(Cc1ccccc1)C(=O)CCCN(c1ccccc1)S(C)(=O)=O. The topological polar surface area (TPSA) is 86.8 Å². The first-order chi connectivity index (χ1) is 18.1. The molecular formula is C30H37N3O4S. The molecule has 0 radical (unpaired) electrons. The number of anilines is 1. The van der Waals surface area contributed by atoms with Gasteiger partial charge in [-0.15, -0.1) is 0 Å². The molecule has 202 valence electrons. The summed E-state index contributed by atoms with van der Waals surface area (Å²) in [7, 11) is -3.52. The van der Waals surface area contributed by atoms with E-state index in [2.05, 4.69) is 5.32 Å². The van der Waals surface area contributed by atoms with Crippen molar-refractivity contribution >= 4 is 27.5 Å². The van der Waals surface area contributed by atoms with Gasteiger partial charge in [0.05, 0.1) is 11.9 Å². The molecule has 0 heterocycles. The third kappa shape index (κ3) is 8.73. The van der Waals surface area contributed by atoms with Gasteiger partial charge in [-0.1, -0.05) is 78.9 Å². The lowest BCUT2D eigenvalue weighted by atomic mass is 10.0. The van der Waals surface area contributed by atoms with Crippen LogP contribution < -0.4 is 9.62 Å². The van der Waals surface area contributed by atoms with E-state index in [1.165, 1.54) is 4.31 Å². The van der Waals surface area contributed by atoms with Crippen molar-refractivity contribution in [2.45, 2.75) is 51.7 Å². The van der Waals surface area contributed by atoms with Crippen molar-refractivity contribution in [2.75, 3.05) is 17.1 Å². The molecule has 1 atom stereocenters. The summed E-state index contributed by atoms with van der Waals surface area (Å²) in [6.45, 7) is 4.22. The van der Waals surface area contributed by atoms with Crippen molar-refractivity contribution in [2.24, 2.45) is 0 Å². The van der Waals surface area contributed by atoms with Crippen molar-refractivity contribution in [3.05, 3.63) is 102 Å². The highest BCUT2D eigenvalue weighted by atomic mass is 32.2. The first-order valence-electron chi connectivity index (χ1n) is 12.9. The van der Waals surface area contributed by atoms with Gasteiger partial charge in [0.15, 0.2) is 0 Å². The second-order valence-electron chi connectivity index (χ2n) is 9.65. The van der Waals surface area contributed by atoms with Crippen LogP contribution >= 0.6 is 0 Å². The summed E-state index contributed by atoms with van der Waals surface area (Å²) in [5.74, 6) is -0.412. The Bertz CT molecular complexity index is 1270. The number of hydrogen-bond acceptors (Lipinski definition) is 4. The third-order valence-electron chi connectivity index (χ3n) is 6.09. The van der Waals surface area contributed by atoms with Crippen molar-refractivity contribution in [1.82, 2.24) is 10.2 Å². The lowest BCUT2D eigenvalue weighted by molar-refractivity contribution is -0.141. The Kier molecular flexibility index (Phi) is 10.5. The van der Waals surface area contributed by atoms with E-state index in [-0.39, 0.29) is 37.4 Å². The van der Waals surface area contributed by atoms with Crippen LogP contribution in [0.4, 0.5) is 5.69 Å². The van der Waals surface area contributed by atoms with Gasteiger partial charge in [-0.2, -0.15) is 0 Å². The van der Waals surface area contributed by atoms with Crippen LogP contribution in [0.2, 0.25) is 0 Å². The number of carbonyl (C=O) groups excluding carboxylic acids is 2. The fraction of sp³-hybridized carbons (Fsp3) is 0.333. The minimum absolute atomic E-state index is 0.0800. The monoisotopic (exact) mass is 535 g/mol. The van der Waals surface area contributed by atoms with E-state index >= 15 is 0 Å². The van der Waals surface area contributed by atoms with E-state index in [4.69, 9.17) is 0 Å². The van der Waals surface area contributed by atoms with Gasteiger partial charge in [0, 0.05) is 32.0 Å². The molecule has 3 aromatic carbocycles. The number of amides is 2. The molecule has 1 N–H and O–H groups in total. The molecule has 0 aromatic heterocycles. The molecular weight excluding hydrogens is 498 g/mol. The molecule has 0 fully saturated rings. The van der Waals surface area contributed by atoms with Gasteiger partial charge >= 0.3 is 0 Å². The summed E-state index contributed by atoms with van der Waals surface area (Å²) >= 11 is 0. The minimum Gasteiger partial charge on any atom is -0.352 e. The zero-order chi connectivity index (χ0) is 27.5. The van der Waals surface area contributed by atoms with E-state index in [9.17, 15) is 18.0 Å². The Morgan fingerprint density at radius 1 is 0.816 bits per heavy atom. The van der Waals surface area contributed by atoms with Crippen molar-refractivity contribution < 1.29 is 18.0 Å². The standard InChI is InChI=1S/C30H37N3O4S/c1-24(2)31-30(35)28(22-25-14-7-4-8-15-25)32(23-26-16-9-5-10-17-26)29(34)20-13-21-33(38(3,36)37)27-18-11-6-12-19-27/h4-12,14-19,24,28H,13,20-23H2,1-3H3,(H,31,35)/t28-/m1/s1. The average molecular weight is 536 g/mol. The maximum Gasteiger partial charge on any atom is 0.243 e. The zero-order valence-electron chi connectivity index (χ0n) is 22.3. The smallest absolute Gasteiger partial charge is 0.243 e. The Hall–Kier alpha value is -3.65. The second-order valence-corrected chi connectivity index (χ2v) is 11.6. The number of nitrogens with one attached hydrogen (secondary N) is 1. The minimum atomic E-state index is -3.52. The highest BCUT2D eigenvalue weighted by Gasteiger charge is 2.30. The normalized spacial score (nSPS) is 12.1. The van der Waals surface area contributed by atoms with Gasteiger partial charge in [0.2, 0.25) is 21.8 Å². The summed E-state index contributed by atoms with van der Waals surface area (Å²) in [5.41, 5.74) is 2.43. The molecule has 0 aliphatic heterocycles. The summed E-state index contributed by atoms with van der Waals surface area (Å²) in [4.78, 5) is 28.7. The summed E-state index contributed by atoms with van der Waals surface area (Å²) in [6.07, 6.45) is 1.95. The zero-order valence-corrected chi connectivity index (χ0v) is 23.1. The van der Waals surface area contributed by atoms with Gasteiger partial charge < -0.3 is 10.2 Å². The van der Waals surface area contributed by atoms with E-state index in [0.717, 1.165) is 17.4 Å². The Labute approximate surface area is 226 Å². The maximum atomic E-state index is 13.7. The van der Waals surface area contributed by atoms with Crippen molar-refractivity contribution in [1.29, 1.82) is 0 Å². The van der Waals surface area contributed by atoms with Gasteiger partial charge in [0.25, 0.3) is 0 Å². The fourth-order valence-corrected chi connectivity index (χ4v) is 5.28. The van der Waals surface area contributed by atoms with Crippen molar-refractivity contribution in [3.8, 4) is 0 Å². The first kappa shape index (κ1) is 28.9. The third-order valence-corrected chi connectivity index (χ3v) is 7.29. The Balaban J connectivity index is 1.85. The van der Waals surface area contributed by atoms with E-state index in [1.54, 1.807) is 29.2 Å². The number of carbonyl (C=O) groups is 2. The molecule has 7 nitrogen and oxygen atoms in total. The molecule has 0 aliphatic carbocycles. The highest BCUT2D eigenvalue weighted by molar-refractivity contribution is 7.92. The summed E-state index contributed by atoms with van der Waals surface area (Å²) in [6, 6.07) is 27.3. The van der Waals surface area contributed by atoms with Gasteiger partial charge in [-0.3, -0.25) is 13.9 Å².